The lowest BCUT2D eigenvalue weighted by molar-refractivity contribution is 0.561. The highest BCUT2D eigenvalue weighted by atomic mass is 32.2. The molecule has 0 amide bonds. The first kappa shape index (κ1) is 29.3. The van der Waals surface area contributed by atoms with E-state index in [0.717, 1.165) is 0 Å². The zero-order chi connectivity index (χ0) is 21.3. The number of hydrogen-bond acceptors (Lipinski definition) is 1. The zero-order valence-electron chi connectivity index (χ0n) is 20.9. The number of hydrogen-bond donors (Lipinski definition) is 2. The summed E-state index contributed by atoms with van der Waals surface area (Å²) in [5.41, 5.74) is 0. The molecule has 0 fully saturated rings. The van der Waals surface area contributed by atoms with Crippen molar-refractivity contribution in [1.82, 2.24) is 5.32 Å². The topological polar surface area (TPSA) is 12.0 Å². The van der Waals surface area contributed by atoms with Gasteiger partial charge in [-0.25, -0.2) is 0 Å². The molecule has 0 aromatic carbocycles. The fourth-order valence-corrected chi connectivity index (χ4v) is 6.80. The molecule has 0 unspecified atom stereocenters. The lowest BCUT2D eigenvalue weighted by Gasteiger charge is -2.21. The van der Waals surface area contributed by atoms with E-state index < -0.39 is 0 Å². The van der Waals surface area contributed by atoms with Gasteiger partial charge in [0.15, 0.2) is 0 Å². The van der Waals surface area contributed by atoms with Crippen molar-refractivity contribution in [3.63, 3.8) is 0 Å². The molecule has 0 heterocycles. The summed E-state index contributed by atoms with van der Waals surface area (Å²) in [5, 5.41) is 3.39. The highest BCUT2D eigenvalue weighted by Crippen LogP contribution is 2.28. The lowest BCUT2D eigenvalue weighted by atomic mass is 10.1. The molecular formula is C27H59NS. The molecule has 1 N–H and O–H groups in total. The molecule has 0 aliphatic heterocycles. The van der Waals surface area contributed by atoms with Gasteiger partial charge in [-0.05, 0) is 37.1 Å². The van der Waals surface area contributed by atoms with Gasteiger partial charge in [0.05, 0.1) is 0 Å². The Balaban J connectivity index is 3.52. The summed E-state index contributed by atoms with van der Waals surface area (Å²) in [6.45, 7) is 5.85. The first-order chi connectivity index (χ1) is 14.3. The monoisotopic (exact) mass is 429 g/mol. The largest absolute Gasteiger partial charge is 0.319 e. The van der Waals surface area contributed by atoms with Crippen molar-refractivity contribution in [2.75, 3.05) is 30.9 Å². The molecule has 1 nitrogen and oxygen atoms in total. The Labute approximate surface area is 189 Å². The van der Waals surface area contributed by atoms with E-state index in [1.54, 1.807) is 11.5 Å². The molecule has 0 aromatic rings. The van der Waals surface area contributed by atoms with E-state index in [0.29, 0.717) is 10.9 Å². The average Bonchev–Trinajstić information content (AvgIpc) is 2.74. The normalized spacial score (nSPS) is 11.9. The summed E-state index contributed by atoms with van der Waals surface area (Å²) in [7, 11) is 2.42. The molecule has 29 heavy (non-hydrogen) atoms. The molecule has 0 spiro atoms. The lowest BCUT2D eigenvalue weighted by Crippen LogP contribution is -2.14. The van der Waals surface area contributed by atoms with Gasteiger partial charge in [0, 0.05) is 6.54 Å². The summed E-state index contributed by atoms with van der Waals surface area (Å²) in [6, 6.07) is 0. The maximum absolute atomic E-state index is 3.39. The highest BCUT2D eigenvalue weighted by Gasteiger charge is 2.04. The Kier molecular flexibility index (Phi) is 26.6. The smallest absolute Gasteiger partial charge is 0.00224 e. The zero-order valence-corrected chi connectivity index (χ0v) is 21.8. The number of rotatable bonds is 25. The van der Waals surface area contributed by atoms with Crippen molar-refractivity contribution >= 4 is 10.9 Å². The van der Waals surface area contributed by atoms with E-state index >= 15 is 0 Å². The predicted octanol–water partition coefficient (Wildman–Crippen LogP) is 9.05. The van der Waals surface area contributed by atoms with Gasteiger partial charge in [-0.3, -0.25) is 10.9 Å². The summed E-state index contributed by atoms with van der Waals surface area (Å²) < 4.78 is 0. The van der Waals surface area contributed by atoms with E-state index in [2.05, 4.69) is 26.2 Å². The molecule has 0 aromatic heterocycles. The van der Waals surface area contributed by atoms with Gasteiger partial charge in [-0.2, -0.15) is 0 Å². The van der Waals surface area contributed by atoms with Crippen molar-refractivity contribution < 1.29 is 0 Å². The molecule has 178 valence electrons. The van der Waals surface area contributed by atoms with Crippen LogP contribution in [0.1, 0.15) is 142 Å². The quantitative estimate of drug-likeness (QED) is 0.109. The fourth-order valence-electron chi connectivity index (χ4n) is 4.25. The van der Waals surface area contributed by atoms with Crippen LogP contribution in [-0.2, 0) is 0 Å². The molecule has 0 bridgehead atoms. The molecule has 0 saturated heterocycles. The van der Waals surface area contributed by atoms with Gasteiger partial charge >= 0.3 is 0 Å². The fraction of sp³-hybridized carbons (Fsp3) is 1.00. The Bertz CT molecular complexity index is 258. The molecule has 0 saturated carbocycles. The summed E-state index contributed by atoms with van der Waals surface area (Å²) >= 11 is 0. The SMILES string of the molecule is CCCCCCCCCCCC[SH](CCCCCCCCCCCC)CCNC. The molecule has 0 rings (SSSR count). The van der Waals surface area contributed by atoms with Crippen LogP contribution in [0, 0.1) is 0 Å². The second-order valence-corrected chi connectivity index (χ2v) is 12.0. The first-order valence-corrected chi connectivity index (χ1v) is 15.6. The van der Waals surface area contributed by atoms with E-state index in [-0.39, 0.29) is 0 Å². The van der Waals surface area contributed by atoms with Crippen LogP contribution in [0.3, 0.4) is 0 Å². The molecule has 0 aliphatic rings. The summed E-state index contributed by atoms with van der Waals surface area (Å²) in [4.78, 5) is 0. The molecule has 0 radical (unpaired) electrons. The predicted molar refractivity (Wildman–Crippen MR) is 141 cm³/mol. The second-order valence-electron chi connectivity index (χ2n) is 9.31. The van der Waals surface area contributed by atoms with Gasteiger partial charge in [0.25, 0.3) is 0 Å². The van der Waals surface area contributed by atoms with Crippen molar-refractivity contribution in [3.8, 4) is 0 Å². The Morgan fingerprint density at radius 2 is 0.724 bits per heavy atom. The second kappa shape index (κ2) is 26.3. The molecule has 2 heteroatoms. The van der Waals surface area contributed by atoms with Crippen LogP contribution >= 0.6 is 10.9 Å². The minimum absolute atomic E-state index is 0.302. The van der Waals surface area contributed by atoms with E-state index in [1.807, 2.05) is 0 Å². The van der Waals surface area contributed by atoms with Crippen LogP contribution in [0.2, 0.25) is 0 Å². The Morgan fingerprint density at radius 3 is 1.03 bits per heavy atom. The van der Waals surface area contributed by atoms with Crippen LogP contribution in [0.4, 0.5) is 0 Å². The summed E-state index contributed by atoms with van der Waals surface area (Å²) in [6.07, 6.45) is 29.4. The summed E-state index contributed by atoms with van der Waals surface area (Å²) in [5.74, 6) is 4.55. The third-order valence-electron chi connectivity index (χ3n) is 6.33. The van der Waals surface area contributed by atoms with Gasteiger partial charge in [-0.15, -0.1) is 0 Å². The molecular weight excluding hydrogens is 370 g/mol. The highest BCUT2D eigenvalue weighted by molar-refractivity contribution is 8.17. The van der Waals surface area contributed by atoms with Crippen molar-refractivity contribution in [2.45, 2.75) is 142 Å². The van der Waals surface area contributed by atoms with Crippen molar-refractivity contribution in [1.29, 1.82) is 0 Å². The van der Waals surface area contributed by atoms with Crippen LogP contribution in [-0.4, -0.2) is 30.9 Å². The first-order valence-electron chi connectivity index (χ1n) is 13.7. The van der Waals surface area contributed by atoms with E-state index in [4.69, 9.17) is 0 Å². The van der Waals surface area contributed by atoms with Crippen LogP contribution in [0.25, 0.3) is 0 Å². The molecule has 0 aliphatic carbocycles. The Hall–Kier alpha value is 0.310. The number of unbranched alkanes of at least 4 members (excludes halogenated alkanes) is 18. The number of nitrogens with one attached hydrogen (secondary N) is 1. The van der Waals surface area contributed by atoms with E-state index in [1.165, 1.54) is 141 Å². The van der Waals surface area contributed by atoms with Crippen LogP contribution in [0.5, 0.6) is 0 Å². The van der Waals surface area contributed by atoms with Gasteiger partial charge in [0.1, 0.15) is 0 Å². The maximum atomic E-state index is 3.39. The Morgan fingerprint density at radius 1 is 0.414 bits per heavy atom. The third kappa shape index (κ3) is 24.5. The van der Waals surface area contributed by atoms with E-state index in [9.17, 15) is 0 Å². The average molecular weight is 430 g/mol. The van der Waals surface area contributed by atoms with Gasteiger partial charge in [-0.1, -0.05) is 129 Å². The van der Waals surface area contributed by atoms with Gasteiger partial charge in [0.2, 0.25) is 0 Å². The minimum Gasteiger partial charge on any atom is -0.319 e. The standard InChI is InChI=1S/C27H59NS/c1-4-6-8-10-12-14-16-18-20-22-25-29(27-24-28-3)26-23-21-19-17-15-13-11-9-7-5-2/h28-29H,4-27H2,1-3H3. The van der Waals surface area contributed by atoms with Crippen LogP contribution < -0.4 is 5.32 Å². The third-order valence-corrected chi connectivity index (χ3v) is 9.09. The van der Waals surface area contributed by atoms with Crippen molar-refractivity contribution in [3.05, 3.63) is 0 Å². The minimum atomic E-state index is 0.302. The number of thiol groups is 1. The van der Waals surface area contributed by atoms with Crippen molar-refractivity contribution in [2.24, 2.45) is 0 Å². The molecule has 0 atom stereocenters. The van der Waals surface area contributed by atoms with Crippen LogP contribution in [0.15, 0.2) is 0 Å². The maximum Gasteiger partial charge on any atom is 0.00224 e. The van der Waals surface area contributed by atoms with Gasteiger partial charge < -0.3 is 5.32 Å².